The third kappa shape index (κ3) is 1.91. The van der Waals surface area contributed by atoms with E-state index < -0.39 is 5.92 Å². The van der Waals surface area contributed by atoms with Gasteiger partial charge in [-0.15, -0.1) is 0 Å². The van der Waals surface area contributed by atoms with Crippen LogP contribution in [0.3, 0.4) is 0 Å². The van der Waals surface area contributed by atoms with Crippen molar-refractivity contribution in [1.29, 1.82) is 0 Å². The first kappa shape index (κ1) is 7.40. The smallest absolute Gasteiger partial charge is 0.267 e. The van der Waals surface area contributed by atoms with Crippen LogP contribution in [0.2, 0.25) is 0 Å². The van der Waals surface area contributed by atoms with E-state index in [4.69, 9.17) is 5.73 Å². The molecule has 0 atom stereocenters. The summed E-state index contributed by atoms with van der Waals surface area (Å²) < 4.78 is 23.9. The number of rotatable bonds is 1. The molecular weight excluding hydrogens is 112 g/mol. The Morgan fingerprint density at radius 1 is 1.62 bits per heavy atom. The van der Waals surface area contributed by atoms with E-state index in [0.717, 1.165) is 13.1 Å². The Hall–Kier alpha value is -0.600. The van der Waals surface area contributed by atoms with Gasteiger partial charge in [0.2, 0.25) is 0 Å². The zero-order valence-electron chi connectivity index (χ0n) is 4.91. The van der Waals surface area contributed by atoms with Gasteiger partial charge in [0.15, 0.2) is 0 Å². The van der Waals surface area contributed by atoms with Gasteiger partial charge >= 0.3 is 0 Å². The van der Waals surface area contributed by atoms with E-state index in [1.807, 2.05) is 0 Å². The van der Waals surface area contributed by atoms with Gasteiger partial charge in [-0.05, 0) is 13.1 Å². The third-order valence-corrected chi connectivity index (χ3v) is 0.942. The summed E-state index contributed by atoms with van der Waals surface area (Å²) in [7, 11) is 0. The normalized spacial score (nSPS) is 14.2. The van der Waals surface area contributed by atoms with Gasteiger partial charge in [-0.2, -0.15) is 0 Å². The Kier molecular flexibility index (Phi) is 1.95. The minimum atomic E-state index is -2.76. The Balaban J connectivity index is 4.03. The molecule has 8 heavy (non-hydrogen) atoms. The lowest BCUT2D eigenvalue weighted by Crippen LogP contribution is -2.12. The van der Waals surface area contributed by atoms with Crippen molar-refractivity contribution in [2.24, 2.45) is 5.73 Å². The fraction of sp³-hybridized carbons (Fsp3) is 0.600. The van der Waals surface area contributed by atoms with E-state index in [1.54, 1.807) is 0 Å². The van der Waals surface area contributed by atoms with Crippen LogP contribution in [0.15, 0.2) is 11.8 Å². The van der Waals surface area contributed by atoms with Crippen LogP contribution in [0.4, 0.5) is 8.78 Å². The van der Waals surface area contributed by atoms with Crippen LogP contribution in [-0.4, -0.2) is 5.92 Å². The predicted molar refractivity (Wildman–Crippen MR) is 28.6 cm³/mol. The number of halogens is 2. The molecule has 0 radical (unpaired) electrons. The van der Waals surface area contributed by atoms with Crippen molar-refractivity contribution in [2.75, 3.05) is 0 Å². The highest BCUT2D eigenvalue weighted by molar-refractivity contribution is 5.05. The molecule has 0 bridgehead atoms. The second kappa shape index (κ2) is 2.11. The molecule has 3 heteroatoms. The van der Waals surface area contributed by atoms with Crippen LogP contribution in [-0.2, 0) is 0 Å². The van der Waals surface area contributed by atoms with Gasteiger partial charge in [-0.3, -0.25) is 0 Å². The maximum Gasteiger partial charge on any atom is 0.267 e. The zero-order valence-corrected chi connectivity index (χ0v) is 4.91. The van der Waals surface area contributed by atoms with Gasteiger partial charge in [-0.1, -0.05) is 0 Å². The lowest BCUT2D eigenvalue weighted by atomic mass is 10.2. The predicted octanol–water partition coefficient (Wildman–Crippen LogP) is 1.50. The highest BCUT2D eigenvalue weighted by atomic mass is 19.3. The topological polar surface area (TPSA) is 26.0 Å². The third-order valence-electron chi connectivity index (χ3n) is 0.942. The highest BCUT2D eigenvalue weighted by Crippen LogP contribution is 2.20. The number of nitrogens with two attached hydrogens (primary N) is 1. The Bertz CT molecular complexity index is 101. The van der Waals surface area contributed by atoms with E-state index in [-0.39, 0.29) is 5.57 Å². The summed E-state index contributed by atoms with van der Waals surface area (Å²) in [5, 5.41) is 0. The molecule has 1 nitrogen and oxygen atoms in total. The van der Waals surface area contributed by atoms with Crippen molar-refractivity contribution in [3.8, 4) is 0 Å². The standard InChI is InChI=1S/C5H9F2N/c1-4(3-8)5(2,6)7/h3H,8H2,1-2H3/b4-3+. The van der Waals surface area contributed by atoms with Gasteiger partial charge in [0.1, 0.15) is 0 Å². The van der Waals surface area contributed by atoms with Crippen molar-refractivity contribution in [1.82, 2.24) is 0 Å². The van der Waals surface area contributed by atoms with Gasteiger partial charge in [0.25, 0.3) is 5.92 Å². The lowest BCUT2D eigenvalue weighted by Gasteiger charge is -2.07. The van der Waals surface area contributed by atoms with Crippen LogP contribution in [0.25, 0.3) is 0 Å². The maximum absolute atomic E-state index is 12.0. The molecule has 0 amide bonds. The van der Waals surface area contributed by atoms with Gasteiger partial charge < -0.3 is 5.73 Å². The molecule has 2 N–H and O–H groups in total. The van der Waals surface area contributed by atoms with Crippen molar-refractivity contribution in [3.05, 3.63) is 11.8 Å². The number of alkyl halides is 2. The second-order valence-corrected chi connectivity index (χ2v) is 1.74. The molecule has 0 fully saturated rings. The summed E-state index contributed by atoms with van der Waals surface area (Å²) in [4.78, 5) is 0. The summed E-state index contributed by atoms with van der Waals surface area (Å²) in [6, 6.07) is 0. The molecule has 0 heterocycles. The molecule has 0 aromatic heterocycles. The van der Waals surface area contributed by atoms with Gasteiger partial charge in [-0.25, -0.2) is 8.78 Å². The molecular formula is C5H9F2N. The first-order valence-corrected chi connectivity index (χ1v) is 2.25. The van der Waals surface area contributed by atoms with Crippen molar-refractivity contribution in [3.63, 3.8) is 0 Å². The molecule has 48 valence electrons. The van der Waals surface area contributed by atoms with Crippen LogP contribution < -0.4 is 5.73 Å². The summed E-state index contributed by atoms with van der Waals surface area (Å²) in [5.74, 6) is -2.76. The molecule has 0 saturated carbocycles. The van der Waals surface area contributed by atoms with Crippen molar-refractivity contribution >= 4 is 0 Å². The van der Waals surface area contributed by atoms with Crippen LogP contribution >= 0.6 is 0 Å². The minimum Gasteiger partial charge on any atom is -0.404 e. The molecule has 0 aliphatic heterocycles. The molecule has 0 saturated heterocycles. The van der Waals surface area contributed by atoms with Gasteiger partial charge in [0.05, 0.1) is 0 Å². The second-order valence-electron chi connectivity index (χ2n) is 1.74. The molecule has 0 unspecified atom stereocenters. The summed E-state index contributed by atoms with van der Waals surface area (Å²) in [6.45, 7) is 2.10. The maximum atomic E-state index is 12.0. The summed E-state index contributed by atoms with van der Waals surface area (Å²) in [6.07, 6.45) is 0.917. The molecule has 0 spiro atoms. The first-order chi connectivity index (χ1) is 3.48. The van der Waals surface area contributed by atoms with Crippen LogP contribution in [0, 0.1) is 0 Å². The van der Waals surface area contributed by atoms with Crippen LogP contribution in [0.1, 0.15) is 13.8 Å². The first-order valence-electron chi connectivity index (χ1n) is 2.25. The Morgan fingerprint density at radius 2 is 2.00 bits per heavy atom. The van der Waals surface area contributed by atoms with Gasteiger partial charge in [0, 0.05) is 12.5 Å². The average molecular weight is 121 g/mol. The van der Waals surface area contributed by atoms with Crippen molar-refractivity contribution < 1.29 is 8.78 Å². The molecule has 0 aliphatic carbocycles. The lowest BCUT2D eigenvalue weighted by molar-refractivity contribution is 0.0633. The fourth-order valence-corrected chi connectivity index (χ4v) is 0.146. The number of hydrogen-bond donors (Lipinski definition) is 1. The SMILES string of the molecule is C/C(=C\N)C(C)(F)F. The van der Waals surface area contributed by atoms with E-state index in [2.05, 4.69) is 0 Å². The number of allylic oxidation sites excluding steroid dienone is 1. The zero-order chi connectivity index (χ0) is 6.78. The Labute approximate surface area is 47.2 Å². The molecule has 0 aliphatic rings. The highest BCUT2D eigenvalue weighted by Gasteiger charge is 2.22. The number of hydrogen-bond acceptors (Lipinski definition) is 1. The summed E-state index contributed by atoms with van der Waals surface area (Å²) >= 11 is 0. The van der Waals surface area contributed by atoms with E-state index >= 15 is 0 Å². The van der Waals surface area contributed by atoms with E-state index in [9.17, 15) is 8.78 Å². The average Bonchev–Trinajstić information content (AvgIpc) is 1.62. The molecule has 0 aromatic rings. The summed E-state index contributed by atoms with van der Waals surface area (Å²) in [5.41, 5.74) is 4.72. The minimum absolute atomic E-state index is 0.0995. The van der Waals surface area contributed by atoms with E-state index in [0.29, 0.717) is 0 Å². The van der Waals surface area contributed by atoms with Crippen LogP contribution in [0.5, 0.6) is 0 Å². The fourth-order valence-electron chi connectivity index (χ4n) is 0.146. The molecule has 0 aromatic carbocycles. The quantitative estimate of drug-likeness (QED) is 0.559. The molecule has 0 rings (SSSR count). The Morgan fingerprint density at radius 3 is 2.00 bits per heavy atom. The monoisotopic (exact) mass is 121 g/mol. The van der Waals surface area contributed by atoms with Crippen molar-refractivity contribution in [2.45, 2.75) is 19.8 Å². The van der Waals surface area contributed by atoms with E-state index in [1.165, 1.54) is 6.92 Å². The largest absolute Gasteiger partial charge is 0.404 e.